The van der Waals surface area contributed by atoms with Crippen molar-refractivity contribution in [1.82, 2.24) is 20.2 Å². The summed E-state index contributed by atoms with van der Waals surface area (Å²) in [7, 11) is 4.06. The number of imidazole rings is 1. The zero-order valence-corrected chi connectivity index (χ0v) is 25.3. The minimum Gasteiger partial charge on any atom is -0.371 e. The highest BCUT2D eigenvalue weighted by Crippen LogP contribution is 2.34. The van der Waals surface area contributed by atoms with Gasteiger partial charge in [-0.05, 0) is 49.1 Å². The molecule has 1 saturated carbocycles. The predicted octanol–water partition coefficient (Wildman–Crippen LogP) is 6.26. The number of hydrogen-bond acceptors (Lipinski definition) is 4. The maximum Gasteiger partial charge on any atom is 0.253 e. The molecule has 2 aromatic carbocycles. The lowest BCUT2D eigenvalue weighted by atomic mass is 9.95. The van der Waals surface area contributed by atoms with E-state index in [9.17, 15) is 9.59 Å². The number of aromatic nitrogens is 2. The van der Waals surface area contributed by atoms with Crippen molar-refractivity contribution in [1.29, 1.82) is 0 Å². The maximum absolute atomic E-state index is 13.1. The summed E-state index contributed by atoms with van der Waals surface area (Å²) in [4.78, 5) is 32.6. The third kappa shape index (κ3) is 6.20. The lowest BCUT2D eigenvalue weighted by Gasteiger charge is -2.28. The quantitative estimate of drug-likeness (QED) is 0.334. The van der Waals surface area contributed by atoms with E-state index in [4.69, 9.17) is 28.2 Å². The minimum absolute atomic E-state index is 0.0493. The van der Waals surface area contributed by atoms with E-state index in [1.165, 1.54) is 12.8 Å². The fourth-order valence-electron chi connectivity index (χ4n) is 5.20. The van der Waals surface area contributed by atoms with E-state index < -0.39 is 5.41 Å². The van der Waals surface area contributed by atoms with Crippen LogP contribution in [0.3, 0.4) is 0 Å². The van der Waals surface area contributed by atoms with Crippen molar-refractivity contribution in [3.05, 3.63) is 56.8 Å². The molecule has 0 radical (unpaired) electrons. The number of carbonyl (C=O) groups excluding carboxylic acids is 2. The topological polar surface area (TPSA) is 79.3 Å². The van der Waals surface area contributed by atoms with Crippen LogP contribution < -0.4 is 15.5 Å². The van der Waals surface area contributed by atoms with E-state index in [-0.39, 0.29) is 11.8 Å². The summed E-state index contributed by atoms with van der Waals surface area (Å²) in [5, 5.41) is 6.98. The Bertz CT molecular complexity index is 1390. The molecule has 1 heterocycles. The van der Waals surface area contributed by atoms with Gasteiger partial charge in [-0.2, -0.15) is 0 Å². The van der Waals surface area contributed by atoms with Crippen molar-refractivity contribution in [2.24, 2.45) is 12.5 Å². The van der Waals surface area contributed by atoms with Gasteiger partial charge in [0, 0.05) is 50.1 Å². The smallest absolute Gasteiger partial charge is 0.253 e. The van der Waals surface area contributed by atoms with Crippen LogP contribution in [0.1, 0.15) is 80.7 Å². The molecule has 0 atom stereocenters. The van der Waals surface area contributed by atoms with Gasteiger partial charge in [-0.3, -0.25) is 9.59 Å². The van der Waals surface area contributed by atoms with Crippen LogP contribution >= 0.6 is 23.2 Å². The van der Waals surface area contributed by atoms with Crippen molar-refractivity contribution in [3.63, 3.8) is 0 Å². The van der Waals surface area contributed by atoms with E-state index in [2.05, 4.69) is 28.6 Å². The molecule has 2 N–H and O–H groups in total. The normalized spacial score (nSPS) is 14.2. The van der Waals surface area contributed by atoms with Crippen LogP contribution in [0.5, 0.6) is 0 Å². The summed E-state index contributed by atoms with van der Waals surface area (Å²) in [6, 6.07) is 8.05. The summed E-state index contributed by atoms with van der Waals surface area (Å²) >= 11 is 13.4. The van der Waals surface area contributed by atoms with Gasteiger partial charge in [-0.15, -0.1) is 0 Å². The summed E-state index contributed by atoms with van der Waals surface area (Å²) in [5.41, 5.74) is 4.31. The van der Waals surface area contributed by atoms with Gasteiger partial charge in [0.2, 0.25) is 5.91 Å². The summed E-state index contributed by atoms with van der Waals surface area (Å²) < 4.78 is 2.05. The number of anilines is 1. The molecule has 1 aliphatic rings. The molecular weight excluding hydrogens is 533 g/mol. The van der Waals surface area contributed by atoms with Crippen molar-refractivity contribution in [2.75, 3.05) is 18.5 Å². The average Bonchev–Trinajstić information content (AvgIpc) is 3.53. The van der Waals surface area contributed by atoms with Gasteiger partial charge in [0.25, 0.3) is 5.91 Å². The molecule has 3 aromatic rings. The van der Waals surface area contributed by atoms with Crippen molar-refractivity contribution in [2.45, 2.75) is 72.4 Å². The summed E-state index contributed by atoms with van der Waals surface area (Å²) in [6.45, 7) is 8.41. The Hall–Kier alpha value is -2.77. The Balaban J connectivity index is 1.70. The second-order valence-corrected chi connectivity index (χ2v) is 12.2. The van der Waals surface area contributed by atoms with Gasteiger partial charge in [-0.1, -0.05) is 62.9 Å². The molecule has 210 valence electrons. The van der Waals surface area contributed by atoms with Crippen LogP contribution in [0, 0.1) is 5.41 Å². The highest BCUT2D eigenvalue weighted by atomic mass is 35.5. The first-order chi connectivity index (χ1) is 18.4. The number of aryl methyl sites for hydroxylation is 1. The number of amides is 2. The summed E-state index contributed by atoms with van der Waals surface area (Å²) in [5.74, 6) is 0.640. The molecule has 0 unspecified atom stereocenters. The van der Waals surface area contributed by atoms with Crippen LogP contribution in [0.4, 0.5) is 5.69 Å². The molecule has 0 bridgehead atoms. The first-order valence-corrected chi connectivity index (χ1v) is 14.4. The lowest BCUT2D eigenvalue weighted by molar-refractivity contribution is -0.128. The Morgan fingerprint density at radius 3 is 2.46 bits per heavy atom. The first-order valence-electron chi connectivity index (χ1n) is 13.7. The zero-order chi connectivity index (χ0) is 28.5. The molecule has 1 aromatic heterocycles. The van der Waals surface area contributed by atoms with Gasteiger partial charge in [0.15, 0.2) is 0 Å². The molecule has 1 aliphatic carbocycles. The van der Waals surface area contributed by atoms with E-state index in [0.29, 0.717) is 41.2 Å². The Labute approximate surface area is 241 Å². The molecule has 0 aliphatic heterocycles. The number of benzene rings is 2. The largest absolute Gasteiger partial charge is 0.371 e. The highest BCUT2D eigenvalue weighted by Gasteiger charge is 2.26. The zero-order valence-electron chi connectivity index (χ0n) is 23.8. The third-order valence-electron chi connectivity index (χ3n) is 7.65. The number of rotatable bonds is 8. The van der Waals surface area contributed by atoms with Crippen molar-refractivity contribution < 1.29 is 9.59 Å². The third-order valence-corrected chi connectivity index (χ3v) is 8.47. The van der Waals surface area contributed by atoms with E-state index in [1.807, 2.05) is 57.5 Å². The fraction of sp³-hybridized carbons (Fsp3) is 0.500. The van der Waals surface area contributed by atoms with Gasteiger partial charge >= 0.3 is 0 Å². The van der Waals surface area contributed by atoms with Crippen LogP contribution in [0.15, 0.2) is 24.3 Å². The molecular formula is C30H39Cl2N5O2. The van der Waals surface area contributed by atoms with Crippen molar-refractivity contribution in [3.8, 4) is 0 Å². The fourth-order valence-corrected chi connectivity index (χ4v) is 5.77. The molecule has 2 amide bonds. The van der Waals surface area contributed by atoms with Crippen LogP contribution in [-0.2, 0) is 24.8 Å². The summed E-state index contributed by atoms with van der Waals surface area (Å²) in [6.07, 6.45) is 5.09. The highest BCUT2D eigenvalue weighted by molar-refractivity contribution is 6.36. The van der Waals surface area contributed by atoms with E-state index >= 15 is 0 Å². The number of halogens is 2. The molecule has 7 nitrogen and oxygen atoms in total. The molecule has 39 heavy (non-hydrogen) atoms. The van der Waals surface area contributed by atoms with E-state index in [1.54, 1.807) is 0 Å². The predicted molar refractivity (Wildman–Crippen MR) is 160 cm³/mol. The molecule has 4 rings (SSSR count). The number of nitrogens with one attached hydrogen (secondary N) is 2. The second-order valence-electron chi connectivity index (χ2n) is 11.5. The van der Waals surface area contributed by atoms with E-state index in [0.717, 1.165) is 46.5 Å². The van der Waals surface area contributed by atoms with Gasteiger partial charge < -0.3 is 20.1 Å². The van der Waals surface area contributed by atoms with Crippen LogP contribution in [0.2, 0.25) is 10.0 Å². The number of fused-ring (bicyclic) bond motifs is 1. The first kappa shape index (κ1) is 29.2. The average molecular weight is 573 g/mol. The number of carbonyl (C=O) groups is 2. The maximum atomic E-state index is 13.1. The Morgan fingerprint density at radius 2 is 1.82 bits per heavy atom. The van der Waals surface area contributed by atoms with Gasteiger partial charge in [-0.25, -0.2) is 4.98 Å². The Morgan fingerprint density at radius 1 is 1.13 bits per heavy atom. The molecule has 0 saturated heterocycles. The Kier molecular flexibility index (Phi) is 8.82. The SMILES string of the molecule is CCNC(=O)c1cc2nc(Cc3c(Cl)ccc(CNC(=O)C(C)(C)C)c3Cl)n(C)c2cc1N(C)C1CCCC1. The van der Waals surface area contributed by atoms with Gasteiger partial charge in [0.05, 0.1) is 27.3 Å². The minimum atomic E-state index is -0.494. The second kappa shape index (κ2) is 11.8. The molecule has 1 fully saturated rings. The number of hydrogen-bond donors (Lipinski definition) is 2. The molecule has 9 heteroatoms. The lowest BCUT2D eigenvalue weighted by Crippen LogP contribution is -2.34. The van der Waals surface area contributed by atoms with Gasteiger partial charge in [0.1, 0.15) is 5.82 Å². The number of nitrogens with zero attached hydrogens (tertiary/aromatic N) is 3. The van der Waals surface area contributed by atoms with Crippen molar-refractivity contribution >= 4 is 51.7 Å². The standard InChI is InChI=1S/C30H39Cl2N5O2/c1-7-33-28(38)21-14-23-25(16-24(21)36(5)19-10-8-9-11-19)37(6)26(35-23)15-20-22(31)13-12-18(27(20)32)17-34-29(39)30(2,3)4/h12-14,16,19H,7-11,15,17H2,1-6H3,(H,33,38)(H,34,39). The van der Waals surface area contributed by atoms with Crippen LogP contribution in [0.25, 0.3) is 11.0 Å². The monoisotopic (exact) mass is 571 g/mol. The van der Waals surface area contributed by atoms with Crippen LogP contribution in [-0.4, -0.2) is 41.0 Å². The molecule has 0 spiro atoms.